The minimum Gasteiger partial charge on any atom is -0.313 e. The third-order valence-electron chi connectivity index (χ3n) is 2.94. The van der Waals surface area contributed by atoms with Crippen LogP contribution in [0.1, 0.15) is 25.3 Å². The van der Waals surface area contributed by atoms with Gasteiger partial charge in [-0.1, -0.05) is 48.9 Å². The maximum atomic E-state index is 3.52. The van der Waals surface area contributed by atoms with Crippen LogP contribution in [0.3, 0.4) is 0 Å². The van der Waals surface area contributed by atoms with Crippen molar-refractivity contribution in [3.63, 3.8) is 0 Å². The Morgan fingerprint density at radius 2 is 1.94 bits per heavy atom. The van der Waals surface area contributed by atoms with Gasteiger partial charge in [0.25, 0.3) is 0 Å². The van der Waals surface area contributed by atoms with E-state index in [-0.39, 0.29) is 0 Å². The molecule has 0 amide bonds. The number of benzene rings is 1. The second-order valence-electron chi connectivity index (χ2n) is 4.90. The van der Waals surface area contributed by atoms with Crippen molar-refractivity contribution >= 4 is 6.08 Å². The molecule has 0 aliphatic rings. The lowest BCUT2D eigenvalue weighted by Crippen LogP contribution is -2.22. The average molecular weight is 246 g/mol. The molecule has 0 radical (unpaired) electrons. The lowest BCUT2D eigenvalue weighted by Gasteiger charge is -2.11. The van der Waals surface area contributed by atoms with Crippen LogP contribution in [-0.2, 0) is 0 Å². The van der Waals surface area contributed by atoms with Crippen LogP contribution in [0, 0.1) is 0 Å². The summed E-state index contributed by atoms with van der Waals surface area (Å²) in [6.45, 7) is 5.45. The van der Waals surface area contributed by atoms with Gasteiger partial charge in [0.05, 0.1) is 0 Å². The summed E-state index contributed by atoms with van der Waals surface area (Å²) in [7, 11) is 4.24. The first-order valence-electron chi connectivity index (χ1n) is 6.82. The third kappa shape index (κ3) is 6.58. The number of nitrogens with zero attached hydrogens (tertiary/aromatic N) is 1. The number of hydrogen-bond acceptors (Lipinski definition) is 2. The monoisotopic (exact) mass is 246 g/mol. The van der Waals surface area contributed by atoms with Gasteiger partial charge in [-0.05, 0) is 45.6 Å². The first-order chi connectivity index (χ1) is 8.72. The Labute approximate surface area is 112 Å². The van der Waals surface area contributed by atoms with E-state index in [1.807, 2.05) is 0 Å². The molecule has 0 aromatic heterocycles. The van der Waals surface area contributed by atoms with E-state index in [9.17, 15) is 0 Å². The van der Waals surface area contributed by atoms with Crippen LogP contribution in [-0.4, -0.2) is 38.6 Å². The predicted molar refractivity (Wildman–Crippen MR) is 80.8 cm³/mol. The molecule has 100 valence electrons. The smallest absolute Gasteiger partial charge is 0.0167 e. The highest BCUT2D eigenvalue weighted by molar-refractivity contribution is 5.52. The molecule has 1 N–H and O–H groups in total. The lowest BCUT2D eigenvalue weighted by molar-refractivity contribution is 0.396. The summed E-state index contributed by atoms with van der Waals surface area (Å²) in [4.78, 5) is 2.22. The van der Waals surface area contributed by atoms with Crippen molar-refractivity contribution in [2.75, 3.05) is 33.7 Å². The maximum Gasteiger partial charge on any atom is 0.0167 e. The Balaban J connectivity index is 2.32. The Morgan fingerprint density at radius 1 is 1.22 bits per heavy atom. The molecular formula is C16H26N2. The van der Waals surface area contributed by atoms with Crippen molar-refractivity contribution in [2.45, 2.75) is 19.8 Å². The molecule has 2 heteroatoms. The highest BCUT2D eigenvalue weighted by Gasteiger charge is 1.96. The molecule has 1 aromatic rings. The van der Waals surface area contributed by atoms with E-state index < -0.39 is 0 Å². The maximum absolute atomic E-state index is 3.52. The van der Waals surface area contributed by atoms with E-state index in [1.165, 1.54) is 17.6 Å². The van der Waals surface area contributed by atoms with Gasteiger partial charge in [-0.3, -0.25) is 0 Å². The number of rotatable bonds is 8. The third-order valence-corrected chi connectivity index (χ3v) is 2.94. The van der Waals surface area contributed by atoms with Gasteiger partial charge < -0.3 is 10.2 Å². The molecule has 0 aliphatic carbocycles. The van der Waals surface area contributed by atoms with E-state index in [2.05, 4.69) is 67.6 Å². The molecule has 18 heavy (non-hydrogen) atoms. The van der Waals surface area contributed by atoms with Crippen LogP contribution >= 0.6 is 0 Å². The summed E-state index contributed by atoms with van der Waals surface area (Å²) < 4.78 is 0. The standard InChI is InChI=1S/C16H26N2/c1-4-15(13-16-9-6-5-7-10-16)14-17-11-8-12-18(2)3/h5-7,9-10,13,17H,4,8,11-12,14H2,1-3H3. The van der Waals surface area contributed by atoms with Gasteiger partial charge in [-0.25, -0.2) is 0 Å². The summed E-state index contributed by atoms with van der Waals surface area (Å²) in [6.07, 6.45) is 4.60. The SMILES string of the molecule is CCC(=Cc1ccccc1)CNCCCN(C)C. The molecule has 0 heterocycles. The molecule has 0 saturated heterocycles. The molecule has 1 aromatic carbocycles. The molecule has 2 nitrogen and oxygen atoms in total. The summed E-state index contributed by atoms with van der Waals surface area (Å²) in [5.41, 5.74) is 2.76. The van der Waals surface area contributed by atoms with Gasteiger partial charge in [-0.15, -0.1) is 0 Å². The van der Waals surface area contributed by atoms with E-state index >= 15 is 0 Å². The highest BCUT2D eigenvalue weighted by atomic mass is 15.0. The van der Waals surface area contributed by atoms with Crippen LogP contribution in [0.2, 0.25) is 0 Å². The highest BCUT2D eigenvalue weighted by Crippen LogP contribution is 2.08. The zero-order valence-corrected chi connectivity index (χ0v) is 11.9. The first kappa shape index (κ1) is 14.9. The Kier molecular flexibility index (Phi) is 7.38. The van der Waals surface area contributed by atoms with Crippen LogP contribution in [0.5, 0.6) is 0 Å². The molecule has 0 atom stereocenters. The number of nitrogens with one attached hydrogen (secondary N) is 1. The van der Waals surface area contributed by atoms with Gasteiger partial charge in [0.2, 0.25) is 0 Å². The van der Waals surface area contributed by atoms with Crippen molar-refractivity contribution in [3.8, 4) is 0 Å². The minimum atomic E-state index is 0.999. The fraction of sp³-hybridized carbons (Fsp3) is 0.500. The van der Waals surface area contributed by atoms with Gasteiger partial charge in [0, 0.05) is 6.54 Å². The van der Waals surface area contributed by atoms with E-state index in [0.29, 0.717) is 0 Å². The van der Waals surface area contributed by atoms with Crippen LogP contribution in [0.15, 0.2) is 35.9 Å². The summed E-state index contributed by atoms with van der Waals surface area (Å²) in [5.74, 6) is 0. The molecule has 1 rings (SSSR count). The Bertz CT molecular complexity index is 341. The van der Waals surface area contributed by atoms with Crippen LogP contribution in [0.4, 0.5) is 0 Å². The van der Waals surface area contributed by atoms with E-state index in [0.717, 1.165) is 26.1 Å². The fourth-order valence-corrected chi connectivity index (χ4v) is 1.83. The zero-order chi connectivity index (χ0) is 13.2. The molecular weight excluding hydrogens is 220 g/mol. The minimum absolute atomic E-state index is 0.999. The largest absolute Gasteiger partial charge is 0.313 e. The van der Waals surface area contributed by atoms with Crippen molar-refractivity contribution in [3.05, 3.63) is 41.5 Å². The predicted octanol–water partition coefficient (Wildman–Crippen LogP) is 3.02. The van der Waals surface area contributed by atoms with Gasteiger partial charge >= 0.3 is 0 Å². The van der Waals surface area contributed by atoms with Gasteiger partial charge in [0.15, 0.2) is 0 Å². The summed E-state index contributed by atoms with van der Waals surface area (Å²) >= 11 is 0. The second kappa shape index (κ2) is 8.90. The average Bonchev–Trinajstić information content (AvgIpc) is 2.38. The van der Waals surface area contributed by atoms with Crippen molar-refractivity contribution in [1.82, 2.24) is 10.2 Å². The van der Waals surface area contributed by atoms with E-state index in [1.54, 1.807) is 0 Å². The molecule has 0 fully saturated rings. The van der Waals surface area contributed by atoms with Crippen molar-refractivity contribution in [2.24, 2.45) is 0 Å². The number of hydrogen-bond donors (Lipinski definition) is 1. The molecule has 0 aliphatic heterocycles. The molecule has 0 saturated carbocycles. The van der Waals surface area contributed by atoms with Crippen LogP contribution in [0.25, 0.3) is 6.08 Å². The quantitative estimate of drug-likeness (QED) is 0.709. The molecule has 0 bridgehead atoms. The van der Waals surface area contributed by atoms with Gasteiger partial charge in [-0.2, -0.15) is 0 Å². The molecule has 0 unspecified atom stereocenters. The zero-order valence-electron chi connectivity index (χ0n) is 11.9. The summed E-state index contributed by atoms with van der Waals surface area (Å²) in [5, 5.41) is 3.52. The van der Waals surface area contributed by atoms with E-state index in [4.69, 9.17) is 0 Å². The normalized spacial score (nSPS) is 12.1. The second-order valence-corrected chi connectivity index (χ2v) is 4.90. The first-order valence-corrected chi connectivity index (χ1v) is 6.82. The molecule has 0 spiro atoms. The fourth-order valence-electron chi connectivity index (χ4n) is 1.83. The topological polar surface area (TPSA) is 15.3 Å². The lowest BCUT2D eigenvalue weighted by atomic mass is 10.1. The Morgan fingerprint density at radius 3 is 2.56 bits per heavy atom. The van der Waals surface area contributed by atoms with Crippen molar-refractivity contribution < 1.29 is 0 Å². The van der Waals surface area contributed by atoms with Crippen LogP contribution < -0.4 is 5.32 Å². The summed E-state index contributed by atoms with van der Waals surface area (Å²) in [6, 6.07) is 10.5. The van der Waals surface area contributed by atoms with Crippen molar-refractivity contribution in [1.29, 1.82) is 0 Å². The Hall–Kier alpha value is -1.12. The van der Waals surface area contributed by atoms with Gasteiger partial charge in [0.1, 0.15) is 0 Å².